The average molecular weight is 437 g/mol. The SMILES string of the molecule is O=C(CSc1ccc(Cl)cc1)N1CCN(c2c(F)c(F)c(F)c(F)c2F)CC1. The molecule has 0 atom stereocenters. The number of benzene rings is 2. The first-order valence-electron chi connectivity index (χ1n) is 8.22. The van der Waals surface area contributed by atoms with Crippen LogP contribution in [0.25, 0.3) is 0 Å². The second-order valence-corrected chi connectivity index (χ2v) is 7.51. The Bertz CT molecular complexity index is 860. The summed E-state index contributed by atoms with van der Waals surface area (Å²) in [5.41, 5.74) is -0.959. The van der Waals surface area contributed by atoms with Gasteiger partial charge in [-0.1, -0.05) is 11.6 Å². The third-order valence-corrected chi connectivity index (χ3v) is 5.56. The van der Waals surface area contributed by atoms with Crippen molar-refractivity contribution >= 4 is 35.0 Å². The van der Waals surface area contributed by atoms with Crippen LogP contribution in [0.3, 0.4) is 0 Å². The summed E-state index contributed by atoms with van der Waals surface area (Å²) in [6.45, 7) is 0.129. The Morgan fingerprint density at radius 1 is 0.857 bits per heavy atom. The van der Waals surface area contributed by atoms with Crippen molar-refractivity contribution in [1.82, 2.24) is 4.90 Å². The van der Waals surface area contributed by atoms with Gasteiger partial charge in [-0.3, -0.25) is 4.79 Å². The van der Waals surface area contributed by atoms with Gasteiger partial charge in [-0.05, 0) is 24.3 Å². The molecule has 2 aromatic rings. The number of amides is 1. The molecule has 0 N–H and O–H groups in total. The van der Waals surface area contributed by atoms with Gasteiger partial charge in [0.25, 0.3) is 0 Å². The molecular weight excluding hydrogens is 423 g/mol. The molecule has 1 amide bonds. The summed E-state index contributed by atoms with van der Waals surface area (Å²) in [5.74, 6) is -9.91. The minimum Gasteiger partial charge on any atom is -0.363 e. The van der Waals surface area contributed by atoms with Crippen molar-refractivity contribution < 1.29 is 26.7 Å². The number of hydrogen-bond acceptors (Lipinski definition) is 3. The molecule has 1 aliphatic heterocycles. The van der Waals surface area contributed by atoms with Crippen molar-refractivity contribution in [2.45, 2.75) is 4.90 Å². The van der Waals surface area contributed by atoms with Gasteiger partial charge < -0.3 is 9.80 Å². The molecule has 150 valence electrons. The third-order valence-electron chi connectivity index (χ3n) is 4.31. The zero-order valence-corrected chi connectivity index (χ0v) is 15.9. The molecule has 10 heteroatoms. The van der Waals surface area contributed by atoms with Crippen molar-refractivity contribution in [3.63, 3.8) is 0 Å². The van der Waals surface area contributed by atoms with Crippen molar-refractivity contribution in [2.24, 2.45) is 0 Å². The van der Waals surface area contributed by atoms with Gasteiger partial charge in [-0.2, -0.15) is 0 Å². The molecule has 1 saturated heterocycles. The molecule has 1 aliphatic rings. The summed E-state index contributed by atoms with van der Waals surface area (Å²) >= 11 is 7.11. The smallest absolute Gasteiger partial charge is 0.233 e. The van der Waals surface area contributed by atoms with Crippen molar-refractivity contribution in [2.75, 3.05) is 36.8 Å². The first kappa shape index (κ1) is 20.7. The third kappa shape index (κ3) is 4.20. The zero-order valence-electron chi connectivity index (χ0n) is 14.3. The highest BCUT2D eigenvalue weighted by Crippen LogP contribution is 2.31. The molecule has 0 spiro atoms. The Balaban J connectivity index is 1.62. The fourth-order valence-corrected chi connectivity index (χ4v) is 3.74. The number of halogens is 6. The number of carbonyl (C=O) groups excluding carboxylic acids is 1. The van der Waals surface area contributed by atoms with Gasteiger partial charge in [-0.15, -0.1) is 11.8 Å². The van der Waals surface area contributed by atoms with Crippen molar-refractivity contribution in [3.8, 4) is 0 Å². The molecule has 0 unspecified atom stereocenters. The van der Waals surface area contributed by atoms with E-state index in [9.17, 15) is 26.7 Å². The second kappa shape index (κ2) is 8.57. The van der Waals surface area contributed by atoms with Crippen LogP contribution in [0.1, 0.15) is 0 Å². The number of hydrogen-bond donors (Lipinski definition) is 0. The van der Waals surface area contributed by atoms with E-state index in [1.807, 2.05) is 0 Å². The van der Waals surface area contributed by atoms with Crippen LogP contribution in [0, 0.1) is 29.1 Å². The summed E-state index contributed by atoms with van der Waals surface area (Å²) in [4.78, 5) is 15.7. The van der Waals surface area contributed by atoms with E-state index >= 15 is 0 Å². The molecule has 0 radical (unpaired) electrons. The van der Waals surface area contributed by atoms with E-state index in [0.29, 0.717) is 5.02 Å². The van der Waals surface area contributed by atoms with E-state index in [0.717, 1.165) is 9.80 Å². The van der Waals surface area contributed by atoms with Gasteiger partial charge in [0, 0.05) is 36.1 Å². The number of anilines is 1. The molecule has 0 aliphatic carbocycles. The van der Waals surface area contributed by atoms with Crippen LogP contribution < -0.4 is 4.90 Å². The molecule has 0 bridgehead atoms. The van der Waals surface area contributed by atoms with Crippen molar-refractivity contribution in [1.29, 1.82) is 0 Å². The van der Waals surface area contributed by atoms with Gasteiger partial charge in [0.15, 0.2) is 23.3 Å². The van der Waals surface area contributed by atoms with E-state index in [1.165, 1.54) is 16.7 Å². The van der Waals surface area contributed by atoms with Gasteiger partial charge in [0.2, 0.25) is 11.7 Å². The quantitative estimate of drug-likeness (QED) is 0.306. The maximum atomic E-state index is 13.9. The van der Waals surface area contributed by atoms with E-state index in [4.69, 9.17) is 11.6 Å². The molecule has 28 heavy (non-hydrogen) atoms. The summed E-state index contributed by atoms with van der Waals surface area (Å²) in [6, 6.07) is 6.97. The fourth-order valence-electron chi connectivity index (χ4n) is 2.82. The number of carbonyl (C=O) groups is 1. The van der Waals surface area contributed by atoms with Crippen LogP contribution in [-0.4, -0.2) is 42.7 Å². The number of piperazine rings is 1. The molecule has 3 rings (SSSR count). The van der Waals surface area contributed by atoms with Crippen molar-refractivity contribution in [3.05, 3.63) is 58.4 Å². The maximum Gasteiger partial charge on any atom is 0.233 e. The monoisotopic (exact) mass is 436 g/mol. The summed E-state index contributed by atoms with van der Waals surface area (Å²) in [7, 11) is 0. The highest BCUT2D eigenvalue weighted by molar-refractivity contribution is 8.00. The Labute approximate surface area is 167 Å². The van der Waals surface area contributed by atoms with E-state index in [1.54, 1.807) is 24.3 Å². The minimum atomic E-state index is -2.19. The zero-order chi connectivity index (χ0) is 20.4. The number of rotatable bonds is 4. The lowest BCUT2D eigenvalue weighted by Gasteiger charge is -2.36. The van der Waals surface area contributed by atoms with E-state index in [-0.39, 0.29) is 37.8 Å². The van der Waals surface area contributed by atoms with Crippen LogP contribution >= 0.6 is 23.4 Å². The summed E-state index contributed by atoms with van der Waals surface area (Å²) in [5, 5.41) is 0.583. The van der Waals surface area contributed by atoms with Gasteiger partial charge in [-0.25, -0.2) is 22.0 Å². The Kier molecular flexibility index (Phi) is 6.34. The lowest BCUT2D eigenvalue weighted by Crippen LogP contribution is -2.50. The first-order valence-corrected chi connectivity index (χ1v) is 9.58. The van der Waals surface area contributed by atoms with Crippen LogP contribution in [-0.2, 0) is 4.79 Å². The molecule has 0 aromatic heterocycles. The predicted molar refractivity (Wildman–Crippen MR) is 97.2 cm³/mol. The van der Waals surface area contributed by atoms with E-state index < -0.39 is 34.8 Å². The number of nitrogens with zero attached hydrogens (tertiary/aromatic N) is 2. The molecular formula is C18H14ClF5N2OS. The molecule has 1 heterocycles. The Morgan fingerprint density at radius 2 is 1.36 bits per heavy atom. The molecule has 0 saturated carbocycles. The Morgan fingerprint density at radius 3 is 1.89 bits per heavy atom. The highest BCUT2D eigenvalue weighted by Gasteiger charge is 2.31. The maximum absolute atomic E-state index is 13.9. The molecule has 3 nitrogen and oxygen atoms in total. The Hall–Kier alpha value is -2.00. The van der Waals surface area contributed by atoms with Crippen LogP contribution in [0.15, 0.2) is 29.2 Å². The second-order valence-electron chi connectivity index (χ2n) is 6.03. The molecule has 2 aromatic carbocycles. The van der Waals surface area contributed by atoms with Crippen LogP contribution in [0.2, 0.25) is 5.02 Å². The van der Waals surface area contributed by atoms with Gasteiger partial charge >= 0.3 is 0 Å². The lowest BCUT2D eigenvalue weighted by atomic mass is 10.2. The van der Waals surface area contributed by atoms with Gasteiger partial charge in [0.05, 0.1) is 5.75 Å². The average Bonchev–Trinajstić information content (AvgIpc) is 2.71. The van der Waals surface area contributed by atoms with Gasteiger partial charge in [0.1, 0.15) is 5.69 Å². The first-order chi connectivity index (χ1) is 13.3. The summed E-state index contributed by atoms with van der Waals surface area (Å²) < 4.78 is 67.8. The van der Waals surface area contributed by atoms with Crippen LogP contribution in [0.4, 0.5) is 27.6 Å². The van der Waals surface area contributed by atoms with Crippen LogP contribution in [0.5, 0.6) is 0 Å². The normalized spacial score (nSPS) is 14.5. The topological polar surface area (TPSA) is 23.6 Å². The van der Waals surface area contributed by atoms with E-state index in [2.05, 4.69) is 0 Å². The largest absolute Gasteiger partial charge is 0.363 e. The number of thioether (sulfide) groups is 1. The highest BCUT2D eigenvalue weighted by atomic mass is 35.5. The summed E-state index contributed by atoms with van der Waals surface area (Å²) in [6.07, 6.45) is 0. The predicted octanol–water partition coefficient (Wildman–Crippen LogP) is 4.48. The molecule has 1 fully saturated rings. The standard InChI is InChI=1S/C18H14ClF5N2OS/c19-10-1-3-11(4-2-10)28-9-12(27)25-5-7-26(8-6-25)18-16(23)14(21)13(20)15(22)17(18)24/h1-4H,5-9H2. The minimum absolute atomic E-state index is 0.0459. The lowest BCUT2D eigenvalue weighted by molar-refractivity contribution is -0.128. The fraction of sp³-hybridized carbons (Fsp3) is 0.278.